The summed E-state index contributed by atoms with van der Waals surface area (Å²) in [6, 6.07) is 14.8. The van der Waals surface area contributed by atoms with Crippen LogP contribution in [0.4, 0.5) is 5.69 Å². The molecule has 0 aliphatic heterocycles. The van der Waals surface area contributed by atoms with Gasteiger partial charge in [-0.15, -0.1) is 0 Å². The number of nitriles is 1. The van der Waals surface area contributed by atoms with Crippen molar-refractivity contribution in [1.82, 2.24) is 9.66 Å². The van der Waals surface area contributed by atoms with Gasteiger partial charge in [0.1, 0.15) is 18.4 Å². The number of anilines is 1. The van der Waals surface area contributed by atoms with Crippen LogP contribution in [0.2, 0.25) is 0 Å². The lowest BCUT2D eigenvalue weighted by atomic mass is 10.0. The van der Waals surface area contributed by atoms with Crippen molar-refractivity contribution in [2.24, 2.45) is 5.14 Å². The molecule has 0 spiro atoms. The maximum absolute atomic E-state index is 11.4. The van der Waals surface area contributed by atoms with Crippen LogP contribution in [0.15, 0.2) is 67.3 Å². The van der Waals surface area contributed by atoms with Crippen LogP contribution in [0.5, 0.6) is 5.75 Å². The molecule has 0 aliphatic carbocycles. The van der Waals surface area contributed by atoms with Crippen LogP contribution in [-0.2, 0) is 15.1 Å². The molecule has 9 nitrogen and oxygen atoms in total. The average molecular weight is 411 g/mol. The van der Waals surface area contributed by atoms with E-state index in [9.17, 15) is 13.2 Å². The summed E-state index contributed by atoms with van der Waals surface area (Å²) in [4.78, 5) is 15.5. The number of imidazole rings is 1. The van der Waals surface area contributed by atoms with E-state index in [1.807, 2.05) is 5.01 Å². The quantitative estimate of drug-likeness (QED) is 0.560. The Kier molecular flexibility index (Phi) is 5.92. The zero-order valence-electron chi connectivity index (χ0n) is 15.1. The van der Waals surface area contributed by atoms with Gasteiger partial charge in [0.05, 0.1) is 23.4 Å². The fourth-order valence-corrected chi connectivity index (χ4v) is 3.27. The molecule has 148 valence electrons. The minimum absolute atomic E-state index is 0.0636. The molecule has 3 aromatic rings. The predicted octanol–water partition coefficient (Wildman–Crippen LogP) is 1.94. The van der Waals surface area contributed by atoms with E-state index in [0.29, 0.717) is 5.56 Å². The molecular formula is C19H17N5O4S. The summed E-state index contributed by atoms with van der Waals surface area (Å²) in [6.07, 6.45) is 5.88. The number of aromatic nitrogens is 2. The zero-order valence-corrected chi connectivity index (χ0v) is 15.9. The largest absolute Gasteiger partial charge is 0.380 e. The van der Waals surface area contributed by atoms with Gasteiger partial charge in [-0.3, -0.25) is 5.01 Å². The summed E-state index contributed by atoms with van der Waals surface area (Å²) in [5.41, 5.74) is 1.98. The van der Waals surface area contributed by atoms with Gasteiger partial charge < -0.3 is 8.98 Å². The minimum Gasteiger partial charge on any atom is -0.371 e. The van der Waals surface area contributed by atoms with Gasteiger partial charge in [-0.25, -0.2) is 9.66 Å². The maximum Gasteiger partial charge on any atom is 0.380 e. The van der Waals surface area contributed by atoms with Crippen molar-refractivity contribution >= 4 is 22.3 Å². The maximum atomic E-state index is 11.4. The monoisotopic (exact) mass is 411 g/mol. The lowest BCUT2D eigenvalue weighted by Gasteiger charge is -2.33. The van der Waals surface area contributed by atoms with Crippen LogP contribution >= 0.6 is 0 Å². The van der Waals surface area contributed by atoms with Gasteiger partial charge in [-0.2, -0.15) is 18.8 Å². The van der Waals surface area contributed by atoms with Crippen LogP contribution in [0.1, 0.15) is 23.6 Å². The SMILES string of the molecule is N#Cc1ccc(N(C(CC=O)c2ccc(OS(N)(=O)=O)cc2)n2ccnc2)cc1. The second-order valence-corrected chi connectivity index (χ2v) is 7.16. The molecule has 1 atom stereocenters. The molecule has 0 saturated heterocycles. The van der Waals surface area contributed by atoms with Gasteiger partial charge in [-0.05, 0) is 42.0 Å². The number of carbonyl (C=O) groups is 1. The highest BCUT2D eigenvalue weighted by atomic mass is 32.2. The normalized spacial score (nSPS) is 12.0. The van der Waals surface area contributed by atoms with E-state index in [2.05, 4.69) is 15.2 Å². The van der Waals surface area contributed by atoms with Crippen molar-refractivity contribution in [1.29, 1.82) is 5.26 Å². The van der Waals surface area contributed by atoms with Gasteiger partial charge in [0.15, 0.2) is 0 Å². The second kappa shape index (κ2) is 8.55. The van der Waals surface area contributed by atoms with Crippen molar-refractivity contribution in [2.75, 3.05) is 5.01 Å². The number of hydrogen-bond acceptors (Lipinski definition) is 7. The van der Waals surface area contributed by atoms with Crippen LogP contribution in [-0.4, -0.2) is 24.4 Å². The Morgan fingerprint density at radius 3 is 2.41 bits per heavy atom. The smallest absolute Gasteiger partial charge is 0.371 e. The topological polar surface area (TPSA) is 131 Å². The Bertz CT molecular complexity index is 1100. The molecule has 10 heteroatoms. The third kappa shape index (κ3) is 4.98. The number of benzene rings is 2. The van der Waals surface area contributed by atoms with Crippen LogP contribution in [0, 0.1) is 11.3 Å². The molecule has 29 heavy (non-hydrogen) atoms. The summed E-state index contributed by atoms with van der Waals surface area (Å²) < 4.78 is 28.6. The third-order valence-corrected chi connectivity index (χ3v) is 4.52. The Morgan fingerprint density at radius 1 is 1.21 bits per heavy atom. The zero-order chi connectivity index (χ0) is 20.9. The Hall–Kier alpha value is -3.68. The summed E-state index contributed by atoms with van der Waals surface area (Å²) in [6.45, 7) is 0. The lowest BCUT2D eigenvalue weighted by molar-refractivity contribution is -0.108. The van der Waals surface area contributed by atoms with Crippen LogP contribution in [0.3, 0.4) is 0 Å². The molecule has 0 aliphatic rings. The molecule has 0 amide bonds. The van der Waals surface area contributed by atoms with E-state index in [1.54, 1.807) is 59.8 Å². The third-order valence-electron chi connectivity index (χ3n) is 4.09. The number of nitrogens with two attached hydrogens (primary N) is 1. The summed E-state index contributed by atoms with van der Waals surface area (Å²) >= 11 is 0. The first-order valence-corrected chi connectivity index (χ1v) is 9.92. The number of hydrogen-bond donors (Lipinski definition) is 1. The number of nitrogens with zero attached hydrogens (tertiary/aromatic N) is 4. The molecular weight excluding hydrogens is 394 g/mol. The highest BCUT2D eigenvalue weighted by Gasteiger charge is 2.23. The van der Waals surface area contributed by atoms with Gasteiger partial charge in [0, 0.05) is 18.8 Å². The highest BCUT2D eigenvalue weighted by molar-refractivity contribution is 7.84. The molecule has 1 heterocycles. The standard InChI is InChI=1S/C19H17N5O4S/c20-13-15-1-5-17(6-2-15)24(23-11-10-22-14-23)19(9-12-25)16-3-7-18(8-4-16)28-29(21,26)27/h1-8,10-12,14,19H,9H2,(H2,21,26,27). The number of aldehydes is 1. The average Bonchev–Trinajstić information content (AvgIpc) is 3.22. The molecule has 0 radical (unpaired) electrons. The van der Waals surface area contributed by atoms with Crippen molar-refractivity contribution in [3.8, 4) is 11.8 Å². The summed E-state index contributed by atoms with van der Waals surface area (Å²) in [5, 5.41) is 15.8. The van der Waals surface area contributed by atoms with E-state index < -0.39 is 16.3 Å². The highest BCUT2D eigenvalue weighted by Crippen LogP contribution is 2.31. The predicted molar refractivity (Wildman–Crippen MR) is 105 cm³/mol. The van der Waals surface area contributed by atoms with Gasteiger partial charge in [0.25, 0.3) is 0 Å². The summed E-state index contributed by atoms with van der Waals surface area (Å²) in [5.74, 6) is 0.0636. The first kappa shape index (κ1) is 20.1. The van der Waals surface area contributed by atoms with Gasteiger partial charge >= 0.3 is 10.3 Å². The Labute approximate surface area is 167 Å². The molecule has 1 aromatic heterocycles. The molecule has 2 N–H and O–H groups in total. The molecule has 3 rings (SSSR count). The number of rotatable bonds is 8. The van der Waals surface area contributed by atoms with Crippen molar-refractivity contribution in [2.45, 2.75) is 12.5 Å². The van der Waals surface area contributed by atoms with E-state index >= 15 is 0 Å². The number of carbonyl (C=O) groups excluding carboxylic acids is 1. The Morgan fingerprint density at radius 2 is 1.90 bits per heavy atom. The fraction of sp³-hybridized carbons (Fsp3) is 0.105. The molecule has 0 fully saturated rings. The Balaban J connectivity index is 2.02. The lowest BCUT2D eigenvalue weighted by Crippen LogP contribution is -2.33. The van der Waals surface area contributed by atoms with E-state index in [4.69, 9.17) is 10.4 Å². The summed E-state index contributed by atoms with van der Waals surface area (Å²) in [7, 11) is -4.13. The molecule has 1 unspecified atom stereocenters. The molecule has 2 aromatic carbocycles. The van der Waals surface area contributed by atoms with Crippen molar-refractivity contribution in [3.05, 3.63) is 78.4 Å². The van der Waals surface area contributed by atoms with Gasteiger partial charge in [0.2, 0.25) is 0 Å². The molecule has 0 saturated carbocycles. The van der Waals surface area contributed by atoms with Crippen molar-refractivity contribution < 1.29 is 17.4 Å². The van der Waals surface area contributed by atoms with Gasteiger partial charge in [-0.1, -0.05) is 12.1 Å². The molecule has 0 bridgehead atoms. The van der Waals surface area contributed by atoms with E-state index in [0.717, 1.165) is 17.5 Å². The first-order chi connectivity index (χ1) is 13.9. The second-order valence-electron chi connectivity index (χ2n) is 6.01. The minimum atomic E-state index is -4.13. The van der Waals surface area contributed by atoms with Crippen LogP contribution in [0.25, 0.3) is 0 Å². The van der Waals surface area contributed by atoms with E-state index in [1.165, 1.54) is 12.1 Å². The first-order valence-electron chi connectivity index (χ1n) is 8.44. The van der Waals surface area contributed by atoms with Crippen LogP contribution < -0.4 is 14.3 Å². The van der Waals surface area contributed by atoms with Crippen molar-refractivity contribution in [3.63, 3.8) is 0 Å². The van der Waals surface area contributed by atoms with E-state index in [-0.39, 0.29) is 12.2 Å². The fourth-order valence-electron chi connectivity index (χ4n) is 2.89.